The largest absolute Gasteiger partial charge is 0.398 e. The molecule has 0 atom stereocenters. The van der Waals surface area contributed by atoms with Crippen molar-refractivity contribution in [3.63, 3.8) is 0 Å². The lowest BCUT2D eigenvalue weighted by molar-refractivity contribution is 0.794. The van der Waals surface area contributed by atoms with Crippen LogP contribution in [0.2, 0.25) is 0 Å². The van der Waals surface area contributed by atoms with E-state index >= 15 is 0 Å². The highest BCUT2D eigenvalue weighted by Crippen LogP contribution is 2.66. The quantitative estimate of drug-likeness (QED) is 0.136. The Morgan fingerprint density at radius 2 is 0.495 bits per heavy atom. The first kappa shape index (κ1) is 58.7. The summed E-state index contributed by atoms with van der Waals surface area (Å²) in [6.45, 7) is 0. The molecule has 0 heterocycles. The summed E-state index contributed by atoms with van der Waals surface area (Å²) >= 11 is 3.58. The van der Waals surface area contributed by atoms with E-state index in [1.54, 1.807) is 0 Å². The summed E-state index contributed by atoms with van der Waals surface area (Å²) in [4.78, 5) is 0. The first-order valence-corrected chi connectivity index (χ1v) is 35.7. The molecule has 0 amide bonds. The van der Waals surface area contributed by atoms with Gasteiger partial charge in [0.15, 0.2) is 0 Å². The molecule has 0 aromatic heterocycles. The molecule has 18 aromatic rings. The van der Waals surface area contributed by atoms with Gasteiger partial charge < -0.3 is 11.1 Å². The van der Waals surface area contributed by atoms with Crippen LogP contribution in [0.3, 0.4) is 0 Å². The van der Waals surface area contributed by atoms with Crippen molar-refractivity contribution in [3.8, 4) is 66.8 Å². The Kier molecular flexibility index (Phi) is 13.4. The van der Waals surface area contributed by atoms with Crippen molar-refractivity contribution in [1.82, 2.24) is 0 Å². The molecule has 2 nitrogen and oxygen atoms in total. The highest BCUT2D eigenvalue weighted by Gasteiger charge is 2.53. The Balaban J connectivity index is 0.000000114. The zero-order valence-corrected chi connectivity index (χ0v) is 56.7. The molecule has 0 bridgehead atoms. The third kappa shape index (κ3) is 8.70. The maximum atomic E-state index is 6.75. The second-order valence-corrected chi connectivity index (χ2v) is 28.1. The van der Waals surface area contributed by atoms with Crippen LogP contribution in [0.1, 0.15) is 44.5 Å². The Bertz CT molecular complexity index is 6300. The second-order valence-electron chi connectivity index (χ2n) is 27.2. The standard InChI is InChI=1S/C49H31N.C31H21N.C18H11Br/c1-2-14-31(15-3-1)41-29-43-40-22-10-13-25-46(40)49(44-23-11-8-20-38(44)39-21-9-12-24-45(39)49)47(43)30-48(41)50-32-26-27-37-35-18-5-4-16-33(35)34-17-6-7-19-36(34)42(37)28-32;32-30-19-29-25(18-24(30)20-10-2-1-3-11-20)23-14-6-9-17-28(23)31(29)26-15-7-4-12-21(26)22-13-5-8-16-27(22)31;19-12-9-10-17-15-7-2-1-5-13(15)14-6-3-4-8-16(14)18(17)11-12/h1-30,50H;1-19H,32H2;1-11H. The number of benzene rings is 18. The van der Waals surface area contributed by atoms with E-state index in [0.29, 0.717) is 0 Å². The van der Waals surface area contributed by atoms with Crippen molar-refractivity contribution in [1.29, 1.82) is 0 Å². The van der Waals surface area contributed by atoms with Gasteiger partial charge in [-0.2, -0.15) is 0 Å². The molecular weight excluding hydrogens is 1280 g/mol. The highest BCUT2D eigenvalue weighted by molar-refractivity contribution is 9.10. The average molecular weight is 1350 g/mol. The summed E-state index contributed by atoms with van der Waals surface area (Å²) in [6.07, 6.45) is 0. The van der Waals surface area contributed by atoms with Crippen molar-refractivity contribution in [2.24, 2.45) is 0 Å². The molecule has 0 saturated heterocycles. The minimum Gasteiger partial charge on any atom is -0.398 e. The third-order valence-electron chi connectivity index (χ3n) is 22.2. The molecule has 0 aliphatic heterocycles. The van der Waals surface area contributed by atoms with Crippen LogP contribution in [-0.2, 0) is 10.8 Å². The van der Waals surface area contributed by atoms with Crippen molar-refractivity contribution in [3.05, 3.63) is 413 Å². The number of fused-ring (bicyclic) bond motifs is 32. The van der Waals surface area contributed by atoms with Crippen LogP contribution >= 0.6 is 15.9 Å². The fourth-order valence-electron chi connectivity index (χ4n) is 18.1. The number of nitrogens with one attached hydrogen (secondary N) is 1. The Hall–Kier alpha value is -12.4. The van der Waals surface area contributed by atoms with Crippen LogP contribution in [0, 0.1) is 0 Å². The van der Waals surface area contributed by atoms with Gasteiger partial charge in [-0.3, -0.25) is 0 Å². The van der Waals surface area contributed by atoms with Gasteiger partial charge >= 0.3 is 0 Å². The lowest BCUT2D eigenvalue weighted by Gasteiger charge is -2.31. The van der Waals surface area contributed by atoms with E-state index in [1.165, 1.54) is 165 Å². The molecule has 3 N–H and O–H groups in total. The first-order chi connectivity index (χ1) is 49.9. The van der Waals surface area contributed by atoms with Crippen molar-refractivity contribution in [2.75, 3.05) is 11.1 Å². The summed E-state index contributed by atoms with van der Waals surface area (Å²) in [7, 11) is 0. The Morgan fingerprint density at radius 1 is 0.208 bits per heavy atom. The summed E-state index contributed by atoms with van der Waals surface area (Å²) in [5, 5.41) is 19.6. The van der Waals surface area contributed by atoms with Crippen molar-refractivity contribution in [2.45, 2.75) is 10.8 Å². The van der Waals surface area contributed by atoms with Crippen LogP contribution < -0.4 is 11.1 Å². The molecule has 4 aliphatic rings. The Morgan fingerprint density at radius 3 is 0.891 bits per heavy atom. The van der Waals surface area contributed by atoms with Gasteiger partial charge in [-0.25, -0.2) is 0 Å². The molecule has 0 unspecified atom stereocenters. The number of hydrogen-bond acceptors (Lipinski definition) is 2. The van der Waals surface area contributed by atoms with Crippen LogP contribution in [0.25, 0.3) is 131 Å². The van der Waals surface area contributed by atoms with Crippen LogP contribution in [0.5, 0.6) is 0 Å². The maximum absolute atomic E-state index is 6.75. The topological polar surface area (TPSA) is 38.0 Å². The number of nitrogen functional groups attached to an aromatic ring is 1. The number of anilines is 3. The molecule has 101 heavy (non-hydrogen) atoms. The van der Waals surface area contributed by atoms with E-state index < -0.39 is 5.41 Å². The smallest absolute Gasteiger partial charge is 0.0726 e. The van der Waals surface area contributed by atoms with Gasteiger partial charge in [0.2, 0.25) is 0 Å². The normalized spacial score (nSPS) is 13.2. The molecule has 472 valence electrons. The van der Waals surface area contributed by atoms with Crippen molar-refractivity contribution >= 4 is 97.6 Å². The first-order valence-electron chi connectivity index (χ1n) is 34.9. The summed E-state index contributed by atoms with van der Waals surface area (Å²) < 4.78 is 1.13. The van der Waals surface area contributed by atoms with E-state index in [-0.39, 0.29) is 5.41 Å². The van der Waals surface area contributed by atoms with Crippen LogP contribution in [0.4, 0.5) is 17.1 Å². The predicted octanol–water partition coefficient (Wildman–Crippen LogP) is 26.1. The molecule has 0 radical (unpaired) electrons. The minimum absolute atomic E-state index is 0.331. The molecule has 18 aromatic carbocycles. The van der Waals surface area contributed by atoms with Gasteiger partial charge in [-0.05, 0) is 213 Å². The van der Waals surface area contributed by atoms with E-state index in [9.17, 15) is 0 Å². The van der Waals surface area contributed by atoms with Gasteiger partial charge in [0, 0.05) is 32.7 Å². The van der Waals surface area contributed by atoms with Crippen LogP contribution in [-0.4, -0.2) is 0 Å². The second kappa shape index (κ2) is 23.1. The monoisotopic (exact) mass is 1350 g/mol. The Labute approximate surface area is 595 Å². The lowest BCUT2D eigenvalue weighted by atomic mass is 9.70. The summed E-state index contributed by atoms with van der Waals surface area (Å²) in [6, 6.07) is 133. The van der Waals surface area contributed by atoms with E-state index in [0.717, 1.165) is 32.7 Å². The SMILES string of the molecule is Brc1ccc2c3ccccc3c3ccccc3c2c1.Nc1cc2c(cc1-c1ccccc1)-c1ccccc1C21c2ccccc2-c2ccccc21.c1ccc(-c2cc3c(cc2Nc2ccc4c5ccccc5c5ccccc5c4c2)C2(c4ccccc4-c4ccccc42)c2ccccc2-3)cc1. The van der Waals surface area contributed by atoms with Crippen molar-refractivity contribution < 1.29 is 0 Å². The fraction of sp³-hybridized carbons (Fsp3) is 0.0204. The van der Waals surface area contributed by atoms with Gasteiger partial charge in [-0.15, -0.1) is 0 Å². The molecule has 22 rings (SSSR count). The zero-order valence-electron chi connectivity index (χ0n) is 55.1. The summed E-state index contributed by atoms with van der Waals surface area (Å²) in [5.74, 6) is 0. The lowest BCUT2D eigenvalue weighted by Crippen LogP contribution is -2.26. The number of halogens is 1. The minimum atomic E-state index is -0.400. The summed E-state index contributed by atoms with van der Waals surface area (Å²) in [5.41, 5.74) is 34.8. The molecule has 3 heteroatoms. The molecular formula is C98H63BrN2. The number of rotatable bonds is 4. The molecule has 4 aliphatic carbocycles. The highest BCUT2D eigenvalue weighted by atomic mass is 79.9. The van der Waals surface area contributed by atoms with Gasteiger partial charge in [-0.1, -0.05) is 331 Å². The zero-order chi connectivity index (χ0) is 66.9. The maximum Gasteiger partial charge on any atom is 0.0726 e. The molecule has 0 fully saturated rings. The van der Waals surface area contributed by atoms with Crippen LogP contribution in [0.15, 0.2) is 368 Å². The average Bonchev–Trinajstić information content (AvgIpc) is 1.52. The van der Waals surface area contributed by atoms with Gasteiger partial charge in [0.1, 0.15) is 0 Å². The van der Waals surface area contributed by atoms with Gasteiger partial charge in [0.05, 0.1) is 10.8 Å². The third-order valence-corrected chi connectivity index (χ3v) is 22.7. The van der Waals surface area contributed by atoms with E-state index in [4.69, 9.17) is 5.73 Å². The predicted molar refractivity (Wildman–Crippen MR) is 430 cm³/mol. The van der Waals surface area contributed by atoms with Gasteiger partial charge in [0.25, 0.3) is 0 Å². The molecule has 0 saturated carbocycles. The number of nitrogens with two attached hydrogens (primary N) is 1. The number of hydrogen-bond donors (Lipinski definition) is 2. The van der Waals surface area contributed by atoms with E-state index in [1.807, 2.05) is 6.07 Å². The van der Waals surface area contributed by atoms with E-state index in [2.05, 4.69) is 379 Å². The fourth-order valence-corrected chi connectivity index (χ4v) is 18.5. The molecule has 2 spiro atoms.